The zero-order valence-corrected chi connectivity index (χ0v) is 10.5. The van der Waals surface area contributed by atoms with Crippen molar-refractivity contribution in [2.75, 3.05) is 19.5 Å². The second kappa shape index (κ2) is 4.63. The van der Waals surface area contributed by atoms with Crippen LogP contribution in [-0.2, 0) is 4.74 Å². The van der Waals surface area contributed by atoms with Gasteiger partial charge in [0.05, 0.1) is 26.1 Å². The second-order valence-electron chi connectivity index (χ2n) is 4.39. The number of imidazole rings is 1. The molecule has 0 bridgehead atoms. The molecule has 8 heteroatoms. The van der Waals surface area contributed by atoms with Crippen molar-refractivity contribution < 1.29 is 14.6 Å². The third-order valence-corrected chi connectivity index (χ3v) is 3.21. The van der Waals surface area contributed by atoms with Crippen LogP contribution in [0.15, 0.2) is 6.33 Å². The number of hydrogen-bond donors (Lipinski definition) is 2. The Morgan fingerprint density at radius 2 is 2.37 bits per heavy atom. The first-order chi connectivity index (χ1) is 9.22. The lowest BCUT2D eigenvalue weighted by molar-refractivity contribution is -0.0207. The average Bonchev–Trinajstić information content (AvgIpc) is 3.04. The molecular formula is C11H15N5O3. The average molecular weight is 265 g/mol. The summed E-state index contributed by atoms with van der Waals surface area (Å²) in [6.45, 7) is 0.0174. The van der Waals surface area contributed by atoms with Gasteiger partial charge >= 0.3 is 6.01 Å². The van der Waals surface area contributed by atoms with E-state index in [0.717, 1.165) is 12.8 Å². The number of hydrogen-bond acceptors (Lipinski definition) is 7. The SMILES string of the molecule is COc1nc(N)c2ncn(C3CCC(CO)O3)c2n1. The number of fused-ring (bicyclic) bond motifs is 1. The highest BCUT2D eigenvalue weighted by atomic mass is 16.5. The molecule has 1 aliphatic heterocycles. The van der Waals surface area contributed by atoms with Crippen molar-refractivity contribution in [2.24, 2.45) is 0 Å². The van der Waals surface area contributed by atoms with Crippen LogP contribution in [0.3, 0.4) is 0 Å². The smallest absolute Gasteiger partial charge is 0.320 e. The topological polar surface area (TPSA) is 108 Å². The van der Waals surface area contributed by atoms with Crippen LogP contribution in [0.2, 0.25) is 0 Å². The summed E-state index contributed by atoms with van der Waals surface area (Å²) in [7, 11) is 1.48. The number of aromatic nitrogens is 4. The molecule has 0 radical (unpaired) electrons. The Morgan fingerprint density at radius 3 is 3.05 bits per heavy atom. The fraction of sp³-hybridized carbons (Fsp3) is 0.545. The van der Waals surface area contributed by atoms with E-state index in [1.54, 1.807) is 10.9 Å². The van der Waals surface area contributed by atoms with Crippen LogP contribution < -0.4 is 10.5 Å². The molecule has 2 aromatic heterocycles. The molecular weight excluding hydrogens is 250 g/mol. The lowest BCUT2D eigenvalue weighted by Crippen LogP contribution is -2.14. The summed E-state index contributed by atoms with van der Waals surface area (Å²) in [6.07, 6.45) is 2.89. The van der Waals surface area contributed by atoms with Gasteiger partial charge < -0.3 is 20.3 Å². The van der Waals surface area contributed by atoms with Gasteiger partial charge in [-0.3, -0.25) is 4.57 Å². The molecule has 0 amide bonds. The minimum atomic E-state index is -0.193. The molecule has 3 rings (SSSR count). The molecule has 0 saturated carbocycles. The van der Waals surface area contributed by atoms with Crippen molar-refractivity contribution >= 4 is 17.0 Å². The van der Waals surface area contributed by atoms with E-state index >= 15 is 0 Å². The molecule has 102 valence electrons. The van der Waals surface area contributed by atoms with Gasteiger partial charge in [-0.1, -0.05) is 0 Å². The predicted octanol–water partition coefficient (Wildman–Crippen LogP) is 0.0870. The van der Waals surface area contributed by atoms with E-state index in [9.17, 15) is 0 Å². The van der Waals surface area contributed by atoms with Crippen molar-refractivity contribution in [1.29, 1.82) is 0 Å². The van der Waals surface area contributed by atoms with Crippen molar-refractivity contribution in [3.8, 4) is 6.01 Å². The molecule has 0 aliphatic carbocycles. The molecule has 1 aliphatic rings. The molecule has 1 saturated heterocycles. The standard InChI is InChI=1S/C11H15N5O3/c1-18-11-14-9(12)8-10(15-11)16(5-13-8)7-3-2-6(4-17)19-7/h5-7,17H,2-4H2,1H3,(H2,12,14,15). The number of rotatable bonds is 3. The molecule has 0 aromatic carbocycles. The van der Waals surface area contributed by atoms with Crippen molar-refractivity contribution in [3.63, 3.8) is 0 Å². The summed E-state index contributed by atoms with van der Waals surface area (Å²) in [6, 6.07) is 0.198. The summed E-state index contributed by atoms with van der Waals surface area (Å²) in [5, 5.41) is 9.11. The Morgan fingerprint density at radius 1 is 1.53 bits per heavy atom. The number of aliphatic hydroxyl groups is 1. The first-order valence-electron chi connectivity index (χ1n) is 6.03. The fourth-order valence-electron chi connectivity index (χ4n) is 2.25. The van der Waals surface area contributed by atoms with Crippen molar-refractivity contribution in [2.45, 2.75) is 25.2 Å². The quantitative estimate of drug-likeness (QED) is 0.809. The Balaban J connectivity index is 2.02. The Kier molecular flexibility index (Phi) is 2.96. The summed E-state index contributed by atoms with van der Waals surface area (Å²) >= 11 is 0. The van der Waals surface area contributed by atoms with Gasteiger partial charge in [0, 0.05) is 0 Å². The maximum absolute atomic E-state index is 9.11. The Bertz CT molecular complexity index is 599. The zero-order valence-electron chi connectivity index (χ0n) is 10.5. The van der Waals surface area contributed by atoms with Gasteiger partial charge in [-0.05, 0) is 12.8 Å². The van der Waals surface area contributed by atoms with E-state index < -0.39 is 0 Å². The van der Waals surface area contributed by atoms with Gasteiger partial charge in [-0.15, -0.1) is 0 Å². The number of nitrogens with zero attached hydrogens (tertiary/aromatic N) is 4. The molecule has 3 N–H and O–H groups in total. The van der Waals surface area contributed by atoms with Gasteiger partial charge in [0.1, 0.15) is 6.23 Å². The van der Waals surface area contributed by atoms with Gasteiger partial charge in [-0.2, -0.15) is 9.97 Å². The largest absolute Gasteiger partial charge is 0.467 e. The molecule has 8 nitrogen and oxygen atoms in total. The van der Waals surface area contributed by atoms with E-state index in [4.69, 9.17) is 20.3 Å². The molecule has 2 atom stereocenters. The molecule has 19 heavy (non-hydrogen) atoms. The maximum Gasteiger partial charge on any atom is 0.320 e. The van der Waals surface area contributed by atoms with Crippen LogP contribution in [0.25, 0.3) is 11.2 Å². The predicted molar refractivity (Wildman–Crippen MR) is 66.5 cm³/mol. The highest BCUT2D eigenvalue weighted by Crippen LogP contribution is 2.31. The van der Waals surface area contributed by atoms with Crippen molar-refractivity contribution in [1.82, 2.24) is 19.5 Å². The number of ether oxygens (including phenoxy) is 2. The van der Waals surface area contributed by atoms with E-state index in [2.05, 4.69) is 15.0 Å². The maximum atomic E-state index is 9.11. The lowest BCUT2D eigenvalue weighted by atomic mass is 10.2. The van der Waals surface area contributed by atoms with Gasteiger partial charge in [0.25, 0.3) is 0 Å². The van der Waals surface area contributed by atoms with Crippen molar-refractivity contribution in [3.05, 3.63) is 6.33 Å². The van der Waals surface area contributed by atoms with E-state index in [0.29, 0.717) is 11.2 Å². The van der Waals surface area contributed by atoms with Gasteiger partial charge in [-0.25, -0.2) is 4.98 Å². The Labute approximate surface area is 109 Å². The van der Waals surface area contributed by atoms with Crippen LogP contribution in [0.1, 0.15) is 19.1 Å². The van der Waals surface area contributed by atoms with Crippen LogP contribution in [0.4, 0.5) is 5.82 Å². The lowest BCUT2D eigenvalue weighted by Gasteiger charge is -2.14. The minimum absolute atomic E-state index is 0.0174. The summed E-state index contributed by atoms with van der Waals surface area (Å²) in [4.78, 5) is 12.4. The third kappa shape index (κ3) is 1.98. The van der Waals surface area contributed by atoms with Crippen LogP contribution >= 0.6 is 0 Å². The number of anilines is 1. The summed E-state index contributed by atoms with van der Waals surface area (Å²) in [5.41, 5.74) is 6.91. The van der Waals surface area contributed by atoms with Crippen LogP contribution in [-0.4, -0.2) is 44.4 Å². The van der Waals surface area contributed by atoms with Gasteiger partial charge in [0.2, 0.25) is 0 Å². The monoisotopic (exact) mass is 265 g/mol. The second-order valence-corrected chi connectivity index (χ2v) is 4.39. The first kappa shape index (κ1) is 12.1. The number of nitrogen functional groups attached to an aromatic ring is 1. The highest BCUT2D eigenvalue weighted by Gasteiger charge is 2.28. The highest BCUT2D eigenvalue weighted by molar-refractivity contribution is 5.81. The third-order valence-electron chi connectivity index (χ3n) is 3.21. The number of methoxy groups -OCH3 is 1. The fourth-order valence-corrected chi connectivity index (χ4v) is 2.25. The normalized spacial score (nSPS) is 23.1. The van der Waals surface area contributed by atoms with Crippen LogP contribution in [0.5, 0.6) is 6.01 Å². The molecule has 1 fully saturated rings. The number of aliphatic hydroxyl groups excluding tert-OH is 1. The number of nitrogens with two attached hydrogens (primary N) is 1. The Hall–Kier alpha value is -1.93. The summed E-state index contributed by atoms with van der Waals surface area (Å²) < 4.78 is 12.5. The van der Waals surface area contributed by atoms with Crippen LogP contribution in [0, 0.1) is 0 Å². The molecule has 2 aromatic rings. The first-order valence-corrected chi connectivity index (χ1v) is 6.03. The molecule has 2 unspecified atom stereocenters. The molecule has 3 heterocycles. The molecule has 0 spiro atoms. The summed E-state index contributed by atoms with van der Waals surface area (Å²) in [5.74, 6) is 0.275. The van der Waals surface area contributed by atoms with E-state index in [1.165, 1.54) is 7.11 Å². The van der Waals surface area contributed by atoms with Gasteiger partial charge in [0.15, 0.2) is 17.0 Å². The zero-order chi connectivity index (χ0) is 13.4. The van der Waals surface area contributed by atoms with E-state index in [1.807, 2.05) is 0 Å². The van der Waals surface area contributed by atoms with E-state index in [-0.39, 0.29) is 30.8 Å². The minimum Gasteiger partial charge on any atom is -0.467 e.